The van der Waals surface area contributed by atoms with Gasteiger partial charge in [-0.25, -0.2) is 10.4 Å². The number of fused-ring (bicyclic) bond motifs is 1. The number of carbonyl (C=O) groups is 1. The highest BCUT2D eigenvalue weighted by atomic mass is 35.5. The van der Waals surface area contributed by atoms with Gasteiger partial charge < -0.3 is 5.73 Å². The maximum atomic E-state index is 13.1. The average molecular weight is 329 g/mol. The van der Waals surface area contributed by atoms with E-state index in [1.807, 2.05) is 6.07 Å². The van der Waals surface area contributed by atoms with Crippen LogP contribution in [0.15, 0.2) is 41.7 Å². The fourth-order valence-electron chi connectivity index (χ4n) is 3.41. The highest BCUT2D eigenvalue weighted by molar-refractivity contribution is 6.31. The molecule has 2 heterocycles. The van der Waals surface area contributed by atoms with Gasteiger partial charge in [-0.1, -0.05) is 17.7 Å². The summed E-state index contributed by atoms with van der Waals surface area (Å²) in [6.07, 6.45) is 5.43. The molecule has 1 aliphatic carbocycles. The first-order valence-corrected chi connectivity index (χ1v) is 8.15. The van der Waals surface area contributed by atoms with Gasteiger partial charge in [-0.3, -0.25) is 9.78 Å². The lowest BCUT2D eigenvalue weighted by molar-refractivity contribution is 0.0738. The third kappa shape index (κ3) is 2.41. The molecule has 4 rings (SSSR count). The van der Waals surface area contributed by atoms with Gasteiger partial charge in [-0.15, -0.1) is 0 Å². The summed E-state index contributed by atoms with van der Waals surface area (Å²) in [5.41, 5.74) is 12.8. The molecule has 0 saturated heterocycles. The maximum Gasteiger partial charge on any atom is 0.273 e. The minimum Gasteiger partial charge on any atom is -0.311 e. The summed E-state index contributed by atoms with van der Waals surface area (Å²) >= 11 is 6.02. The van der Waals surface area contributed by atoms with Crippen molar-refractivity contribution in [3.8, 4) is 0 Å². The number of carbonyl (C=O) groups excluding carboxylic acids is 1. The number of allylic oxidation sites excluding steroid dienone is 1. The van der Waals surface area contributed by atoms with Gasteiger partial charge in [-0.2, -0.15) is 0 Å². The first kappa shape index (κ1) is 14.6. The van der Waals surface area contributed by atoms with E-state index in [-0.39, 0.29) is 12.1 Å². The molecular formula is C17H17ClN4O. The summed E-state index contributed by atoms with van der Waals surface area (Å²) in [6.45, 7) is 0. The molecular weight excluding hydrogens is 312 g/mol. The number of hydrazine groups is 1. The molecule has 2 aromatic rings. The van der Waals surface area contributed by atoms with E-state index in [4.69, 9.17) is 17.3 Å². The molecule has 6 heteroatoms. The molecule has 1 aliphatic heterocycles. The molecule has 0 spiro atoms. The molecule has 23 heavy (non-hydrogen) atoms. The van der Waals surface area contributed by atoms with Crippen LogP contribution in [0, 0.1) is 0 Å². The van der Waals surface area contributed by atoms with Crippen LogP contribution in [-0.4, -0.2) is 22.1 Å². The first-order valence-electron chi connectivity index (χ1n) is 7.77. The molecule has 1 aromatic heterocycles. The van der Waals surface area contributed by atoms with Gasteiger partial charge in [0.1, 0.15) is 0 Å². The Hall–Kier alpha value is -1.95. The zero-order valence-corrected chi connectivity index (χ0v) is 13.3. The lowest BCUT2D eigenvalue weighted by Crippen LogP contribution is -2.45. The van der Waals surface area contributed by atoms with Crippen LogP contribution in [0.1, 0.15) is 36.0 Å². The number of aromatic nitrogens is 1. The number of halogens is 1. The van der Waals surface area contributed by atoms with Crippen LogP contribution in [0.4, 0.5) is 0 Å². The monoisotopic (exact) mass is 328 g/mol. The minimum absolute atomic E-state index is 0.0953. The van der Waals surface area contributed by atoms with Crippen molar-refractivity contribution in [3.63, 3.8) is 0 Å². The lowest BCUT2D eigenvalue weighted by Gasteiger charge is -2.22. The van der Waals surface area contributed by atoms with Crippen molar-refractivity contribution in [2.24, 2.45) is 5.73 Å². The smallest absolute Gasteiger partial charge is 0.273 e. The summed E-state index contributed by atoms with van der Waals surface area (Å²) in [5, 5.41) is 3.03. The SMILES string of the molecule is NC1NN(C(=O)c2ccnc3cc(Cl)ccc23)C2=C1CCCC2. The van der Waals surface area contributed by atoms with Crippen molar-refractivity contribution in [1.29, 1.82) is 0 Å². The van der Waals surface area contributed by atoms with Crippen LogP contribution in [0.3, 0.4) is 0 Å². The second kappa shape index (κ2) is 5.60. The maximum absolute atomic E-state index is 13.1. The van der Waals surface area contributed by atoms with Gasteiger partial charge in [0.2, 0.25) is 0 Å². The van der Waals surface area contributed by atoms with E-state index < -0.39 is 0 Å². The number of pyridine rings is 1. The Bertz CT molecular complexity index is 832. The Morgan fingerprint density at radius 3 is 3.00 bits per heavy atom. The largest absolute Gasteiger partial charge is 0.311 e. The number of nitrogens with two attached hydrogens (primary N) is 1. The number of hydrogen-bond donors (Lipinski definition) is 2. The molecule has 0 fully saturated rings. The van der Waals surface area contributed by atoms with Crippen molar-refractivity contribution in [3.05, 3.63) is 52.3 Å². The summed E-state index contributed by atoms with van der Waals surface area (Å²) in [5.74, 6) is -0.0953. The molecule has 0 saturated carbocycles. The normalized spacial score (nSPS) is 21.0. The van der Waals surface area contributed by atoms with E-state index in [0.29, 0.717) is 16.1 Å². The molecule has 1 aromatic carbocycles. The molecule has 2 aliphatic rings. The number of nitrogens with zero attached hydrogens (tertiary/aromatic N) is 2. The number of hydrogen-bond acceptors (Lipinski definition) is 4. The fourth-order valence-corrected chi connectivity index (χ4v) is 3.57. The second-order valence-corrected chi connectivity index (χ2v) is 6.38. The fraction of sp³-hybridized carbons (Fsp3) is 0.294. The Morgan fingerprint density at radius 2 is 2.13 bits per heavy atom. The standard InChI is InChI=1S/C17H17ClN4O/c18-10-5-6-11-12(7-8-20-14(11)9-10)17(23)22-15-4-2-1-3-13(15)16(19)21-22/h5-9,16,21H,1-4,19H2. The molecule has 1 atom stereocenters. The van der Waals surface area contributed by atoms with E-state index in [9.17, 15) is 4.79 Å². The van der Waals surface area contributed by atoms with Crippen molar-refractivity contribution < 1.29 is 4.79 Å². The van der Waals surface area contributed by atoms with Crippen LogP contribution in [0.25, 0.3) is 10.9 Å². The lowest BCUT2D eigenvalue weighted by atomic mass is 9.95. The second-order valence-electron chi connectivity index (χ2n) is 5.95. The third-order valence-corrected chi connectivity index (χ3v) is 4.77. The molecule has 0 radical (unpaired) electrons. The van der Waals surface area contributed by atoms with E-state index in [1.165, 1.54) is 0 Å². The summed E-state index contributed by atoms with van der Waals surface area (Å²) < 4.78 is 0. The van der Waals surface area contributed by atoms with Gasteiger partial charge in [0.05, 0.1) is 17.2 Å². The van der Waals surface area contributed by atoms with Crippen molar-refractivity contribution >= 4 is 28.4 Å². The Labute approximate surface area is 139 Å². The van der Waals surface area contributed by atoms with Crippen LogP contribution < -0.4 is 11.2 Å². The quantitative estimate of drug-likeness (QED) is 0.844. The molecule has 5 nitrogen and oxygen atoms in total. The van der Waals surface area contributed by atoms with Crippen LogP contribution in [0.2, 0.25) is 5.02 Å². The molecule has 1 amide bonds. The minimum atomic E-state index is -0.267. The summed E-state index contributed by atoms with van der Waals surface area (Å²) in [7, 11) is 0. The van der Waals surface area contributed by atoms with Gasteiger partial charge in [0, 0.05) is 22.3 Å². The zero-order valence-electron chi connectivity index (χ0n) is 12.6. The number of nitrogens with one attached hydrogen (secondary N) is 1. The highest BCUT2D eigenvalue weighted by Gasteiger charge is 2.34. The summed E-state index contributed by atoms with van der Waals surface area (Å²) in [6, 6.07) is 7.12. The van der Waals surface area contributed by atoms with Crippen LogP contribution in [0.5, 0.6) is 0 Å². The Morgan fingerprint density at radius 1 is 1.30 bits per heavy atom. The molecule has 0 bridgehead atoms. The molecule has 1 unspecified atom stereocenters. The summed E-state index contributed by atoms with van der Waals surface area (Å²) in [4.78, 5) is 17.4. The van der Waals surface area contributed by atoms with Crippen molar-refractivity contribution in [2.45, 2.75) is 31.8 Å². The van der Waals surface area contributed by atoms with E-state index in [2.05, 4.69) is 10.4 Å². The van der Waals surface area contributed by atoms with E-state index in [0.717, 1.165) is 42.3 Å². The van der Waals surface area contributed by atoms with E-state index in [1.54, 1.807) is 29.4 Å². The van der Waals surface area contributed by atoms with Crippen LogP contribution >= 0.6 is 11.6 Å². The Kier molecular flexibility index (Phi) is 3.56. The van der Waals surface area contributed by atoms with Crippen LogP contribution in [-0.2, 0) is 0 Å². The van der Waals surface area contributed by atoms with Gasteiger partial charge >= 0.3 is 0 Å². The first-order chi connectivity index (χ1) is 11.1. The number of amides is 1. The van der Waals surface area contributed by atoms with Gasteiger partial charge in [0.25, 0.3) is 5.91 Å². The number of rotatable bonds is 1. The van der Waals surface area contributed by atoms with Crippen molar-refractivity contribution in [1.82, 2.24) is 15.4 Å². The zero-order chi connectivity index (χ0) is 16.0. The number of benzene rings is 1. The topological polar surface area (TPSA) is 71.2 Å². The average Bonchev–Trinajstić information content (AvgIpc) is 2.91. The molecule has 118 valence electrons. The third-order valence-electron chi connectivity index (χ3n) is 4.53. The van der Waals surface area contributed by atoms with E-state index >= 15 is 0 Å². The van der Waals surface area contributed by atoms with Gasteiger partial charge in [-0.05, 0) is 49.5 Å². The predicted molar refractivity (Wildman–Crippen MR) is 89.5 cm³/mol. The highest BCUT2D eigenvalue weighted by Crippen LogP contribution is 2.33. The van der Waals surface area contributed by atoms with Gasteiger partial charge in [0.15, 0.2) is 0 Å². The van der Waals surface area contributed by atoms with Crippen molar-refractivity contribution in [2.75, 3.05) is 0 Å². The molecule has 3 N–H and O–H groups in total. The predicted octanol–water partition coefficient (Wildman–Crippen LogP) is 2.96. The Balaban J connectivity index is 1.77.